The molecule has 3 rings (SSSR count). The third kappa shape index (κ3) is 5.65. The van der Waals surface area contributed by atoms with Gasteiger partial charge in [0, 0.05) is 28.6 Å². The smallest absolute Gasteiger partial charge is 0.423 e. The lowest BCUT2D eigenvalue weighted by atomic mass is 10.2. The van der Waals surface area contributed by atoms with Crippen LogP contribution in [0, 0.1) is 4.78 Å². The third-order valence-corrected chi connectivity index (χ3v) is 7.28. The number of hydrogen-bond acceptors (Lipinski definition) is 7. The van der Waals surface area contributed by atoms with Crippen molar-refractivity contribution >= 4 is 21.4 Å². The molecule has 1 aromatic carbocycles. The summed E-state index contributed by atoms with van der Waals surface area (Å²) in [6.45, 7) is 5.49. The molecule has 1 fully saturated rings. The van der Waals surface area contributed by atoms with Gasteiger partial charge in [0.15, 0.2) is 0 Å². The molecule has 0 amide bonds. The molecular formula is C20H25F3N4O3S. The summed E-state index contributed by atoms with van der Waals surface area (Å²) >= 11 is 0. The molecule has 1 heterocycles. The van der Waals surface area contributed by atoms with Crippen LogP contribution in [-0.4, -0.2) is 38.2 Å². The lowest BCUT2D eigenvalue weighted by molar-refractivity contribution is -0.140. The van der Waals surface area contributed by atoms with Crippen LogP contribution in [0.1, 0.15) is 39.2 Å². The maximum Gasteiger partial charge on any atom is 0.423 e. The second-order valence-corrected chi connectivity index (χ2v) is 9.68. The first kappa shape index (κ1) is 23.3. The fourth-order valence-electron chi connectivity index (χ4n) is 2.84. The summed E-state index contributed by atoms with van der Waals surface area (Å²) in [5.41, 5.74) is -0.599. The molecule has 1 aliphatic carbocycles. The molecule has 0 bridgehead atoms. The minimum atomic E-state index is -4.68. The highest BCUT2D eigenvalue weighted by atomic mass is 32.2. The zero-order valence-corrected chi connectivity index (χ0v) is 18.2. The Morgan fingerprint density at radius 2 is 1.87 bits per heavy atom. The Bertz CT molecular complexity index is 1010. The maximum atomic E-state index is 13.4. The van der Waals surface area contributed by atoms with Gasteiger partial charge < -0.3 is 14.8 Å². The van der Waals surface area contributed by atoms with E-state index >= 15 is 0 Å². The fourth-order valence-corrected chi connectivity index (χ4v) is 4.57. The Labute approximate surface area is 179 Å². The van der Waals surface area contributed by atoms with Gasteiger partial charge in [-0.05, 0) is 57.9 Å². The van der Waals surface area contributed by atoms with E-state index in [2.05, 4.69) is 15.3 Å². The Kier molecular flexibility index (Phi) is 6.75. The molecule has 7 nitrogen and oxygen atoms in total. The number of alkyl halides is 3. The second kappa shape index (κ2) is 8.99. The van der Waals surface area contributed by atoms with E-state index in [1.54, 1.807) is 45.0 Å². The number of anilines is 2. The van der Waals surface area contributed by atoms with Crippen LogP contribution in [0.15, 0.2) is 35.4 Å². The first-order valence-corrected chi connectivity index (χ1v) is 11.5. The molecule has 0 aliphatic heterocycles. The van der Waals surface area contributed by atoms with Gasteiger partial charge in [-0.25, -0.2) is 14.0 Å². The quantitative estimate of drug-likeness (QED) is 0.549. The zero-order chi connectivity index (χ0) is 22.8. The molecular weight excluding hydrogens is 433 g/mol. The third-order valence-electron chi connectivity index (χ3n) is 4.90. The van der Waals surface area contributed by atoms with Gasteiger partial charge in [-0.15, -0.1) is 0 Å². The van der Waals surface area contributed by atoms with Gasteiger partial charge in [0.05, 0.1) is 15.8 Å². The lowest BCUT2D eigenvalue weighted by Crippen LogP contribution is -2.30. The first-order valence-electron chi connectivity index (χ1n) is 9.89. The van der Waals surface area contributed by atoms with Crippen LogP contribution >= 0.6 is 0 Å². The molecule has 1 unspecified atom stereocenters. The predicted octanol–water partition coefficient (Wildman–Crippen LogP) is 5.00. The largest absolute Gasteiger partial charge is 0.471 e. The van der Waals surface area contributed by atoms with E-state index < -0.39 is 39.6 Å². The lowest BCUT2D eigenvalue weighted by Gasteiger charge is -2.22. The van der Waals surface area contributed by atoms with E-state index in [-0.39, 0.29) is 11.2 Å². The van der Waals surface area contributed by atoms with Gasteiger partial charge >= 0.3 is 6.18 Å². The van der Waals surface area contributed by atoms with E-state index in [0.29, 0.717) is 23.4 Å². The van der Waals surface area contributed by atoms with Crippen LogP contribution in [-0.2, 0) is 20.6 Å². The van der Waals surface area contributed by atoms with Gasteiger partial charge in [-0.3, -0.25) is 0 Å². The number of hydrogen-bond donors (Lipinski definition) is 2. The van der Waals surface area contributed by atoms with Crippen molar-refractivity contribution in [2.24, 2.45) is 0 Å². The van der Waals surface area contributed by atoms with Crippen LogP contribution < -0.4 is 10.1 Å². The normalized spacial score (nSPS) is 18.1. The summed E-state index contributed by atoms with van der Waals surface area (Å²) < 4.78 is 71.5. The van der Waals surface area contributed by atoms with Crippen molar-refractivity contribution in [1.29, 1.82) is 4.78 Å². The molecule has 170 valence electrons. The molecule has 1 aliphatic rings. The number of aromatic nitrogens is 2. The van der Waals surface area contributed by atoms with Gasteiger partial charge in [0.1, 0.15) is 11.7 Å². The van der Waals surface area contributed by atoms with E-state index in [4.69, 9.17) is 14.3 Å². The summed E-state index contributed by atoms with van der Waals surface area (Å²) in [4.78, 5) is 8.09. The van der Waals surface area contributed by atoms with E-state index in [1.165, 1.54) is 0 Å². The van der Waals surface area contributed by atoms with Crippen molar-refractivity contribution < 1.29 is 26.9 Å². The average Bonchev–Trinajstić information content (AvgIpc) is 3.54. The Hall–Kier alpha value is -2.40. The van der Waals surface area contributed by atoms with Crippen LogP contribution in [0.5, 0.6) is 5.88 Å². The van der Waals surface area contributed by atoms with Crippen molar-refractivity contribution in [1.82, 2.24) is 9.97 Å². The second-order valence-electron chi connectivity index (χ2n) is 7.34. The monoisotopic (exact) mass is 458 g/mol. The highest BCUT2D eigenvalue weighted by Gasteiger charge is 2.37. The van der Waals surface area contributed by atoms with Crippen LogP contribution in [0.25, 0.3) is 0 Å². The summed E-state index contributed by atoms with van der Waals surface area (Å²) in [5.74, 6) is -0.676. The highest BCUT2D eigenvalue weighted by molar-refractivity contribution is 7.93. The van der Waals surface area contributed by atoms with Gasteiger partial charge in [-0.1, -0.05) is 0 Å². The Balaban J connectivity index is 1.81. The van der Waals surface area contributed by atoms with Gasteiger partial charge in [-0.2, -0.15) is 18.2 Å². The number of nitrogens with zero attached hydrogens (tertiary/aromatic N) is 2. The van der Waals surface area contributed by atoms with Crippen molar-refractivity contribution in [3.05, 3.63) is 36.0 Å². The van der Waals surface area contributed by atoms with E-state index in [1.807, 2.05) is 0 Å². The van der Waals surface area contributed by atoms with E-state index in [0.717, 1.165) is 12.8 Å². The summed E-state index contributed by atoms with van der Waals surface area (Å²) in [7, 11) is -2.83. The molecule has 0 spiro atoms. The SMILES string of the molecule is CCO[C@H](C)[C@@H](C)Oc1nc(Nc2ccc(S(=N)(=O)C3CC3)cc2)ncc1C(F)(F)F. The van der Waals surface area contributed by atoms with Crippen molar-refractivity contribution in [2.45, 2.75) is 62.1 Å². The summed E-state index contributed by atoms with van der Waals surface area (Å²) in [5, 5.41) is 2.71. The molecule has 11 heteroatoms. The first-order chi connectivity index (χ1) is 14.5. The molecule has 3 atom stereocenters. The van der Waals surface area contributed by atoms with Crippen molar-refractivity contribution in [3.63, 3.8) is 0 Å². The van der Waals surface area contributed by atoms with Crippen LogP contribution in [0.3, 0.4) is 0 Å². The van der Waals surface area contributed by atoms with Gasteiger partial charge in [0.25, 0.3) is 0 Å². The Morgan fingerprint density at radius 1 is 1.23 bits per heavy atom. The van der Waals surface area contributed by atoms with Crippen molar-refractivity contribution in [3.8, 4) is 5.88 Å². The molecule has 0 radical (unpaired) electrons. The standard InChI is InChI=1S/C20H25F3N4O3S/c1-4-29-12(2)13(3)30-18-17(20(21,22)23)11-25-19(27-18)26-14-5-7-15(8-6-14)31(24,28)16-9-10-16/h5-8,11-13,16,24H,4,9-10H2,1-3H3,(H,25,26,27)/t12-,13-,31?/m1/s1. The fraction of sp³-hybridized carbons (Fsp3) is 0.500. The number of halogens is 3. The number of nitrogens with one attached hydrogen (secondary N) is 2. The minimum absolute atomic E-state index is 0.0826. The van der Waals surface area contributed by atoms with Crippen LogP contribution in [0.2, 0.25) is 0 Å². The average molecular weight is 459 g/mol. The summed E-state index contributed by atoms with van der Waals surface area (Å²) in [6, 6.07) is 6.33. The van der Waals surface area contributed by atoms with Gasteiger partial charge in [0.2, 0.25) is 11.8 Å². The number of ether oxygens (including phenoxy) is 2. The topological polar surface area (TPSA) is 97.2 Å². The number of benzene rings is 1. The molecule has 1 aromatic heterocycles. The van der Waals surface area contributed by atoms with Crippen LogP contribution in [0.4, 0.5) is 24.8 Å². The minimum Gasteiger partial charge on any atom is -0.471 e. The molecule has 2 N–H and O–H groups in total. The highest BCUT2D eigenvalue weighted by Crippen LogP contribution is 2.37. The predicted molar refractivity (Wildman–Crippen MR) is 110 cm³/mol. The zero-order valence-electron chi connectivity index (χ0n) is 17.4. The molecule has 2 aromatic rings. The Morgan fingerprint density at radius 3 is 2.42 bits per heavy atom. The molecule has 1 saturated carbocycles. The number of rotatable bonds is 9. The van der Waals surface area contributed by atoms with E-state index in [9.17, 15) is 17.4 Å². The molecule has 31 heavy (non-hydrogen) atoms. The summed E-state index contributed by atoms with van der Waals surface area (Å²) in [6.07, 6.45) is -3.55. The maximum absolute atomic E-state index is 13.4. The molecule has 0 saturated heterocycles. The van der Waals surface area contributed by atoms with Crippen molar-refractivity contribution in [2.75, 3.05) is 11.9 Å².